The van der Waals surface area contributed by atoms with Crippen LogP contribution in [0.4, 0.5) is 0 Å². The van der Waals surface area contributed by atoms with E-state index in [0.717, 1.165) is 24.6 Å². The number of rotatable bonds is 2. The summed E-state index contributed by atoms with van der Waals surface area (Å²) >= 11 is 0. The minimum atomic E-state index is -0.102. The van der Waals surface area contributed by atoms with E-state index >= 15 is 0 Å². The highest BCUT2D eigenvalue weighted by atomic mass is 16.5. The van der Waals surface area contributed by atoms with Crippen molar-refractivity contribution in [1.82, 2.24) is 9.47 Å². The van der Waals surface area contributed by atoms with Crippen molar-refractivity contribution < 1.29 is 9.53 Å². The highest BCUT2D eigenvalue weighted by molar-refractivity contribution is 5.82. The monoisotopic (exact) mass is 326 g/mol. The van der Waals surface area contributed by atoms with Gasteiger partial charge in [0.2, 0.25) is 5.91 Å². The van der Waals surface area contributed by atoms with Gasteiger partial charge in [-0.25, -0.2) is 0 Å². The number of carbonyl (C=O) groups excluding carboxylic acids is 1. The summed E-state index contributed by atoms with van der Waals surface area (Å²) in [7, 11) is 0. The number of fused-ring (bicyclic) bond motifs is 2. The summed E-state index contributed by atoms with van der Waals surface area (Å²) in [6.45, 7) is 1.33. The zero-order valence-corrected chi connectivity index (χ0v) is 13.7. The third kappa shape index (κ3) is 2.73. The zero-order valence-electron chi connectivity index (χ0n) is 13.7. The Morgan fingerprint density at radius 2 is 2.00 bits per heavy atom. The minimum absolute atomic E-state index is 0.0209. The summed E-state index contributed by atoms with van der Waals surface area (Å²) < 4.78 is 7.36. The van der Waals surface area contributed by atoms with Gasteiger partial charge in [0.25, 0.3) is 5.56 Å². The SMILES string of the molecule is O=C(Cn1ccc2ccccc2c1=O)N1CCO[C@@H]2CCCC[C@H]21. The number of morpholine rings is 1. The topological polar surface area (TPSA) is 51.5 Å². The number of pyridine rings is 1. The van der Waals surface area contributed by atoms with E-state index in [1.54, 1.807) is 6.20 Å². The molecule has 1 saturated carbocycles. The molecule has 2 aromatic rings. The van der Waals surface area contributed by atoms with Gasteiger partial charge < -0.3 is 14.2 Å². The Labute approximate surface area is 140 Å². The molecule has 1 aromatic heterocycles. The van der Waals surface area contributed by atoms with Crippen molar-refractivity contribution in [1.29, 1.82) is 0 Å². The predicted molar refractivity (Wildman–Crippen MR) is 91.9 cm³/mol. The summed E-state index contributed by atoms with van der Waals surface area (Å²) in [4.78, 5) is 27.4. The number of benzene rings is 1. The van der Waals surface area contributed by atoms with Crippen LogP contribution in [0.3, 0.4) is 0 Å². The average Bonchev–Trinajstić information content (AvgIpc) is 2.63. The molecule has 24 heavy (non-hydrogen) atoms. The lowest BCUT2D eigenvalue weighted by Crippen LogP contribution is -2.55. The molecule has 126 valence electrons. The van der Waals surface area contributed by atoms with Gasteiger partial charge in [-0.1, -0.05) is 31.0 Å². The van der Waals surface area contributed by atoms with Gasteiger partial charge in [-0.3, -0.25) is 9.59 Å². The van der Waals surface area contributed by atoms with Crippen LogP contribution in [0.25, 0.3) is 10.8 Å². The molecule has 4 rings (SSSR count). The minimum Gasteiger partial charge on any atom is -0.374 e. The summed E-state index contributed by atoms with van der Waals surface area (Å²) in [5, 5.41) is 1.57. The van der Waals surface area contributed by atoms with Crippen molar-refractivity contribution in [2.75, 3.05) is 13.2 Å². The molecule has 1 aromatic carbocycles. The normalized spacial score (nSPS) is 23.9. The Bertz CT molecular complexity index is 812. The van der Waals surface area contributed by atoms with E-state index in [4.69, 9.17) is 4.74 Å². The van der Waals surface area contributed by atoms with Gasteiger partial charge in [-0.05, 0) is 30.4 Å². The maximum atomic E-state index is 12.8. The maximum absolute atomic E-state index is 12.8. The first kappa shape index (κ1) is 15.4. The van der Waals surface area contributed by atoms with E-state index in [1.165, 1.54) is 11.0 Å². The first-order valence-electron chi connectivity index (χ1n) is 8.73. The van der Waals surface area contributed by atoms with Crippen LogP contribution in [0.5, 0.6) is 0 Å². The summed E-state index contributed by atoms with van der Waals surface area (Å²) in [5.74, 6) is 0.0209. The van der Waals surface area contributed by atoms with E-state index in [2.05, 4.69) is 0 Å². The van der Waals surface area contributed by atoms with Crippen molar-refractivity contribution in [2.24, 2.45) is 0 Å². The van der Waals surface area contributed by atoms with Crippen LogP contribution in [-0.2, 0) is 16.1 Å². The molecule has 1 aliphatic heterocycles. The van der Waals surface area contributed by atoms with Gasteiger partial charge in [0.05, 0.1) is 18.8 Å². The molecule has 1 amide bonds. The number of nitrogens with zero attached hydrogens (tertiary/aromatic N) is 2. The molecule has 0 radical (unpaired) electrons. The third-order valence-corrected chi connectivity index (χ3v) is 5.24. The number of aromatic nitrogens is 1. The predicted octanol–water partition coefficient (Wildman–Crippen LogP) is 2.17. The van der Waals surface area contributed by atoms with Crippen molar-refractivity contribution >= 4 is 16.7 Å². The summed E-state index contributed by atoms with van der Waals surface area (Å²) in [6, 6.07) is 9.56. The Hall–Kier alpha value is -2.14. The molecule has 2 atom stereocenters. The summed E-state index contributed by atoms with van der Waals surface area (Å²) in [5.41, 5.74) is -0.102. The second-order valence-corrected chi connectivity index (χ2v) is 6.68. The Kier molecular flexibility index (Phi) is 4.10. The van der Waals surface area contributed by atoms with Crippen LogP contribution in [-0.4, -0.2) is 40.7 Å². The van der Waals surface area contributed by atoms with E-state index in [-0.39, 0.29) is 30.2 Å². The van der Waals surface area contributed by atoms with E-state index in [0.29, 0.717) is 18.5 Å². The maximum Gasteiger partial charge on any atom is 0.258 e. The fourth-order valence-corrected chi connectivity index (χ4v) is 4.00. The molecule has 1 aliphatic carbocycles. The van der Waals surface area contributed by atoms with Crippen molar-refractivity contribution in [3.05, 3.63) is 46.9 Å². The van der Waals surface area contributed by atoms with Gasteiger partial charge in [0, 0.05) is 18.1 Å². The molecule has 5 heteroatoms. The van der Waals surface area contributed by atoms with Crippen molar-refractivity contribution in [2.45, 2.75) is 44.4 Å². The highest BCUT2D eigenvalue weighted by Gasteiger charge is 2.36. The second-order valence-electron chi connectivity index (χ2n) is 6.68. The smallest absolute Gasteiger partial charge is 0.258 e. The Morgan fingerprint density at radius 3 is 2.92 bits per heavy atom. The quantitative estimate of drug-likeness (QED) is 0.850. The van der Waals surface area contributed by atoms with Crippen LogP contribution in [0.15, 0.2) is 41.3 Å². The molecule has 2 heterocycles. The number of carbonyl (C=O) groups is 1. The number of ether oxygens (including phenoxy) is 1. The Morgan fingerprint density at radius 1 is 1.17 bits per heavy atom. The molecule has 5 nitrogen and oxygen atoms in total. The number of hydrogen-bond acceptors (Lipinski definition) is 3. The molecule has 2 fully saturated rings. The van der Waals surface area contributed by atoms with Crippen LogP contribution in [0.1, 0.15) is 25.7 Å². The lowest BCUT2D eigenvalue weighted by molar-refractivity contribution is -0.150. The van der Waals surface area contributed by atoms with Crippen molar-refractivity contribution in [3.8, 4) is 0 Å². The van der Waals surface area contributed by atoms with E-state index < -0.39 is 0 Å². The molecule has 0 N–H and O–H groups in total. The fourth-order valence-electron chi connectivity index (χ4n) is 4.00. The third-order valence-electron chi connectivity index (χ3n) is 5.24. The lowest BCUT2D eigenvalue weighted by Gasteiger charge is -2.43. The number of hydrogen-bond donors (Lipinski definition) is 0. The Balaban J connectivity index is 1.57. The second kappa shape index (κ2) is 6.40. The van der Waals surface area contributed by atoms with Gasteiger partial charge in [0.1, 0.15) is 6.54 Å². The molecule has 2 aliphatic rings. The van der Waals surface area contributed by atoms with E-state index in [9.17, 15) is 9.59 Å². The fraction of sp³-hybridized carbons (Fsp3) is 0.474. The van der Waals surface area contributed by atoms with Crippen molar-refractivity contribution in [3.63, 3.8) is 0 Å². The van der Waals surface area contributed by atoms with Crippen LogP contribution < -0.4 is 5.56 Å². The summed E-state index contributed by atoms with van der Waals surface area (Å²) in [6.07, 6.45) is 6.25. The highest BCUT2D eigenvalue weighted by Crippen LogP contribution is 2.28. The zero-order chi connectivity index (χ0) is 16.5. The van der Waals surface area contributed by atoms with Crippen LogP contribution >= 0.6 is 0 Å². The first-order chi connectivity index (χ1) is 11.7. The van der Waals surface area contributed by atoms with Crippen LogP contribution in [0.2, 0.25) is 0 Å². The van der Waals surface area contributed by atoms with Gasteiger partial charge in [-0.2, -0.15) is 0 Å². The van der Waals surface area contributed by atoms with Gasteiger partial charge >= 0.3 is 0 Å². The van der Waals surface area contributed by atoms with E-state index in [1.807, 2.05) is 35.2 Å². The standard InChI is InChI=1S/C19H22N2O3/c22-18(21-11-12-24-17-8-4-3-7-16(17)21)13-20-10-9-14-5-1-2-6-15(14)19(20)23/h1-2,5-6,9-10,16-17H,3-4,7-8,11-13H2/t16-,17-/m1/s1. The largest absolute Gasteiger partial charge is 0.374 e. The lowest BCUT2D eigenvalue weighted by atomic mass is 9.90. The van der Waals surface area contributed by atoms with Gasteiger partial charge in [0.15, 0.2) is 0 Å². The van der Waals surface area contributed by atoms with Crippen LogP contribution in [0, 0.1) is 0 Å². The molecule has 0 unspecified atom stereocenters. The first-order valence-corrected chi connectivity index (χ1v) is 8.73. The molecular formula is C19H22N2O3. The molecule has 0 spiro atoms. The van der Waals surface area contributed by atoms with Gasteiger partial charge in [-0.15, -0.1) is 0 Å². The molecular weight excluding hydrogens is 304 g/mol. The number of amides is 1. The average molecular weight is 326 g/mol. The molecule has 0 bridgehead atoms. The molecule has 1 saturated heterocycles.